The van der Waals surface area contributed by atoms with E-state index in [0.29, 0.717) is 18.1 Å². The Bertz CT molecular complexity index is 328. The molecular weight excluding hydrogens is 246 g/mol. The Hall–Kier alpha value is -0.240. The van der Waals surface area contributed by atoms with Gasteiger partial charge in [0.05, 0.1) is 4.99 Å². The number of nitrogens with one attached hydrogen (secondary N) is 1. The first-order chi connectivity index (χ1) is 7.16. The van der Waals surface area contributed by atoms with Gasteiger partial charge in [-0.1, -0.05) is 33.0 Å². The van der Waals surface area contributed by atoms with Gasteiger partial charge >= 0.3 is 0 Å². The summed E-state index contributed by atoms with van der Waals surface area (Å²) in [6.07, 6.45) is 0. The van der Waals surface area contributed by atoms with Crippen LogP contribution in [-0.4, -0.2) is 37.8 Å². The molecule has 0 heterocycles. The summed E-state index contributed by atoms with van der Waals surface area (Å²) in [6.45, 7) is 6.41. The van der Waals surface area contributed by atoms with E-state index < -0.39 is 10.2 Å². The first kappa shape index (κ1) is 15.8. The molecule has 0 saturated heterocycles. The van der Waals surface area contributed by atoms with Crippen LogP contribution in [0.15, 0.2) is 0 Å². The zero-order valence-corrected chi connectivity index (χ0v) is 11.9. The minimum atomic E-state index is -3.42. The molecule has 0 spiro atoms. The molecule has 0 aromatic carbocycles. The predicted molar refractivity (Wildman–Crippen MR) is 70.3 cm³/mol. The van der Waals surface area contributed by atoms with Crippen molar-refractivity contribution in [3.05, 3.63) is 0 Å². The largest absolute Gasteiger partial charge is 0.393 e. The van der Waals surface area contributed by atoms with Gasteiger partial charge in [-0.05, 0) is 5.92 Å². The SMILES string of the molecule is CC(C)CNS(=O)(=O)N(C)CC(C)C(N)=S. The van der Waals surface area contributed by atoms with Crippen molar-refractivity contribution in [3.8, 4) is 0 Å². The highest BCUT2D eigenvalue weighted by atomic mass is 32.2. The normalized spacial score (nSPS) is 14.4. The zero-order valence-electron chi connectivity index (χ0n) is 10.2. The minimum absolute atomic E-state index is 0.129. The van der Waals surface area contributed by atoms with Crippen LogP contribution in [0.1, 0.15) is 20.8 Å². The molecule has 1 atom stereocenters. The van der Waals surface area contributed by atoms with Crippen molar-refractivity contribution in [2.75, 3.05) is 20.1 Å². The summed E-state index contributed by atoms with van der Waals surface area (Å²) < 4.78 is 27.2. The summed E-state index contributed by atoms with van der Waals surface area (Å²) in [6, 6.07) is 0. The lowest BCUT2D eigenvalue weighted by Crippen LogP contribution is -2.43. The van der Waals surface area contributed by atoms with Gasteiger partial charge in [-0.3, -0.25) is 0 Å². The Morgan fingerprint density at radius 2 is 1.94 bits per heavy atom. The smallest absolute Gasteiger partial charge is 0.279 e. The predicted octanol–water partition coefficient (Wildman–Crippen LogP) is 0.331. The van der Waals surface area contributed by atoms with Crippen LogP contribution in [0, 0.1) is 11.8 Å². The van der Waals surface area contributed by atoms with Crippen LogP contribution < -0.4 is 10.5 Å². The highest BCUT2D eigenvalue weighted by molar-refractivity contribution is 7.87. The van der Waals surface area contributed by atoms with Crippen LogP contribution in [0.25, 0.3) is 0 Å². The molecule has 1 unspecified atom stereocenters. The van der Waals surface area contributed by atoms with Crippen LogP contribution in [0.3, 0.4) is 0 Å². The monoisotopic (exact) mass is 267 g/mol. The second-order valence-electron chi connectivity index (χ2n) is 4.33. The molecule has 0 radical (unpaired) electrons. The van der Waals surface area contributed by atoms with Crippen LogP contribution in [0.5, 0.6) is 0 Å². The minimum Gasteiger partial charge on any atom is -0.393 e. The fraction of sp³-hybridized carbons (Fsp3) is 0.889. The third-order valence-corrected chi connectivity index (χ3v) is 4.00. The maximum Gasteiger partial charge on any atom is 0.279 e. The quantitative estimate of drug-likeness (QED) is 0.652. The summed E-state index contributed by atoms with van der Waals surface area (Å²) >= 11 is 4.80. The van der Waals surface area contributed by atoms with Gasteiger partial charge < -0.3 is 5.73 Å². The zero-order chi connectivity index (χ0) is 12.9. The van der Waals surface area contributed by atoms with Gasteiger partial charge in [-0.15, -0.1) is 0 Å². The van der Waals surface area contributed by atoms with E-state index in [4.69, 9.17) is 18.0 Å². The molecule has 0 aliphatic rings. The molecule has 0 aromatic rings. The van der Waals surface area contributed by atoms with Crippen LogP contribution in [-0.2, 0) is 10.2 Å². The van der Waals surface area contributed by atoms with Crippen molar-refractivity contribution in [1.29, 1.82) is 0 Å². The van der Waals surface area contributed by atoms with Crippen LogP contribution in [0.2, 0.25) is 0 Å². The molecule has 96 valence electrons. The first-order valence-corrected chi connectivity index (χ1v) is 7.02. The van der Waals surface area contributed by atoms with Crippen LogP contribution >= 0.6 is 12.2 Å². The summed E-state index contributed by atoms with van der Waals surface area (Å²) in [5.41, 5.74) is 5.44. The Kier molecular flexibility index (Phi) is 6.39. The van der Waals surface area contributed by atoms with Gasteiger partial charge in [-0.2, -0.15) is 12.7 Å². The van der Waals surface area contributed by atoms with Crippen molar-refractivity contribution in [2.45, 2.75) is 20.8 Å². The fourth-order valence-electron chi connectivity index (χ4n) is 0.956. The third kappa shape index (κ3) is 5.74. The lowest BCUT2D eigenvalue weighted by atomic mass is 10.2. The fourth-order valence-corrected chi connectivity index (χ4v) is 2.21. The molecule has 0 rings (SSSR count). The summed E-state index contributed by atoms with van der Waals surface area (Å²) in [7, 11) is -1.90. The molecule has 3 N–H and O–H groups in total. The highest BCUT2D eigenvalue weighted by Gasteiger charge is 2.20. The van der Waals surface area contributed by atoms with Gasteiger partial charge in [-0.25, -0.2) is 4.72 Å². The molecule has 0 aliphatic heterocycles. The summed E-state index contributed by atoms with van der Waals surface area (Å²) in [5, 5.41) is 0. The van der Waals surface area contributed by atoms with E-state index >= 15 is 0 Å². The number of thiocarbonyl (C=S) groups is 1. The number of nitrogens with two attached hydrogens (primary N) is 1. The summed E-state index contributed by atoms with van der Waals surface area (Å²) in [5.74, 6) is 0.145. The van der Waals surface area contributed by atoms with Gasteiger partial charge in [0.1, 0.15) is 0 Å². The molecule has 0 aromatic heterocycles. The first-order valence-electron chi connectivity index (χ1n) is 5.17. The van der Waals surface area contributed by atoms with E-state index in [0.717, 1.165) is 0 Å². The standard InChI is InChI=1S/C9H21N3O2S2/c1-7(2)5-11-16(13,14)12(4)6-8(3)9(10)15/h7-8,11H,5-6H2,1-4H3,(H2,10,15). The number of rotatable bonds is 7. The lowest BCUT2D eigenvalue weighted by molar-refractivity contribution is 0.431. The molecule has 0 fully saturated rings. The summed E-state index contributed by atoms with van der Waals surface area (Å²) in [4.78, 5) is 0.325. The average molecular weight is 267 g/mol. The van der Waals surface area contributed by atoms with Crippen molar-refractivity contribution in [2.24, 2.45) is 17.6 Å². The van der Waals surface area contributed by atoms with Crippen molar-refractivity contribution >= 4 is 27.4 Å². The number of nitrogens with zero attached hydrogens (tertiary/aromatic N) is 1. The molecule has 0 amide bonds. The highest BCUT2D eigenvalue weighted by Crippen LogP contribution is 2.03. The molecule has 16 heavy (non-hydrogen) atoms. The third-order valence-electron chi connectivity index (χ3n) is 2.10. The second-order valence-corrected chi connectivity index (χ2v) is 6.66. The molecule has 5 nitrogen and oxygen atoms in total. The van der Waals surface area contributed by atoms with Crippen LogP contribution in [0.4, 0.5) is 0 Å². The maximum atomic E-state index is 11.7. The molecule has 0 bridgehead atoms. The van der Waals surface area contributed by atoms with E-state index in [-0.39, 0.29) is 11.8 Å². The van der Waals surface area contributed by atoms with E-state index in [2.05, 4.69) is 4.72 Å². The van der Waals surface area contributed by atoms with E-state index in [1.54, 1.807) is 6.92 Å². The number of hydrogen-bond donors (Lipinski definition) is 2. The van der Waals surface area contributed by atoms with E-state index in [9.17, 15) is 8.42 Å². The van der Waals surface area contributed by atoms with Gasteiger partial charge in [0, 0.05) is 26.1 Å². The topological polar surface area (TPSA) is 75.4 Å². The molecule has 0 aliphatic carbocycles. The Balaban J connectivity index is 4.35. The molecule has 0 saturated carbocycles. The Morgan fingerprint density at radius 3 is 2.31 bits per heavy atom. The van der Waals surface area contributed by atoms with E-state index in [1.165, 1.54) is 11.4 Å². The van der Waals surface area contributed by atoms with Crippen molar-refractivity contribution in [1.82, 2.24) is 9.03 Å². The maximum absolute atomic E-state index is 11.7. The molecular formula is C9H21N3O2S2. The van der Waals surface area contributed by atoms with E-state index in [1.807, 2.05) is 13.8 Å². The van der Waals surface area contributed by atoms with Crippen molar-refractivity contribution < 1.29 is 8.42 Å². The van der Waals surface area contributed by atoms with Crippen molar-refractivity contribution in [3.63, 3.8) is 0 Å². The Labute approximate surface area is 104 Å². The van der Waals surface area contributed by atoms with Gasteiger partial charge in [0.2, 0.25) is 0 Å². The lowest BCUT2D eigenvalue weighted by Gasteiger charge is -2.21. The number of hydrogen-bond acceptors (Lipinski definition) is 3. The molecule has 7 heteroatoms. The Morgan fingerprint density at radius 1 is 1.44 bits per heavy atom. The van der Waals surface area contributed by atoms with Gasteiger partial charge in [0.15, 0.2) is 0 Å². The van der Waals surface area contributed by atoms with Gasteiger partial charge in [0.25, 0.3) is 10.2 Å². The second kappa shape index (κ2) is 6.48. The average Bonchev–Trinajstić information content (AvgIpc) is 2.14.